The Morgan fingerprint density at radius 3 is 2.56 bits per heavy atom. The van der Waals surface area contributed by atoms with Gasteiger partial charge in [0.25, 0.3) is 0 Å². The largest absolute Gasteiger partial charge is 0.381 e. The predicted molar refractivity (Wildman–Crippen MR) is 64.8 cm³/mol. The minimum atomic E-state index is -0.516. The first kappa shape index (κ1) is 11.6. The van der Waals surface area contributed by atoms with E-state index >= 15 is 0 Å². The van der Waals surface area contributed by atoms with Gasteiger partial charge in [-0.3, -0.25) is 4.90 Å². The van der Waals surface area contributed by atoms with E-state index in [2.05, 4.69) is 14.9 Å². The summed E-state index contributed by atoms with van der Waals surface area (Å²) in [5, 5.41) is 0. The Bertz CT molecular complexity index is 431. The van der Waals surface area contributed by atoms with Gasteiger partial charge in [0.05, 0.1) is 19.3 Å². The Morgan fingerprint density at radius 1 is 1.22 bits per heavy atom. The molecule has 2 aliphatic heterocycles. The first-order valence-corrected chi connectivity index (χ1v) is 6.08. The number of aromatic nitrogens is 2. The third kappa shape index (κ3) is 1.99. The maximum absolute atomic E-state index is 13.8. The molecule has 0 spiro atoms. The Labute approximate surface area is 105 Å². The molecule has 2 aliphatic rings. The standard InChI is InChI=1S/C11H16FN5O/c12-9-10(13)14-7-15-11(9)17-3-1-16(2-4-17)8-5-18-6-8/h7-8H,1-6H2,(H2,13,14,15). The smallest absolute Gasteiger partial charge is 0.207 e. The number of piperazine rings is 1. The van der Waals surface area contributed by atoms with Crippen molar-refractivity contribution < 1.29 is 9.13 Å². The number of hydrogen-bond donors (Lipinski definition) is 1. The number of anilines is 2. The molecule has 0 atom stereocenters. The van der Waals surface area contributed by atoms with Crippen molar-refractivity contribution >= 4 is 11.6 Å². The van der Waals surface area contributed by atoms with E-state index in [1.807, 2.05) is 4.90 Å². The van der Waals surface area contributed by atoms with Gasteiger partial charge in [-0.05, 0) is 0 Å². The molecule has 3 heterocycles. The molecule has 0 saturated carbocycles. The molecule has 0 bridgehead atoms. The molecule has 0 aromatic carbocycles. The summed E-state index contributed by atoms with van der Waals surface area (Å²) in [6.07, 6.45) is 1.31. The van der Waals surface area contributed by atoms with Crippen molar-refractivity contribution in [3.63, 3.8) is 0 Å². The minimum absolute atomic E-state index is 0.0881. The van der Waals surface area contributed by atoms with E-state index in [4.69, 9.17) is 10.5 Å². The summed E-state index contributed by atoms with van der Waals surface area (Å²) in [7, 11) is 0. The van der Waals surface area contributed by atoms with Gasteiger partial charge in [0.15, 0.2) is 11.6 Å². The van der Waals surface area contributed by atoms with Gasteiger partial charge < -0.3 is 15.4 Å². The lowest BCUT2D eigenvalue weighted by Crippen LogP contribution is -2.56. The summed E-state index contributed by atoms with van der Waals surface area (Å²) in [5.74, 6) is -0.292. The lowest BCUT2D eigenvalue weighted by molar-refractivity contribution is -0.0661. The molecule has 2 N–H and O–H groups in total. The molecule has 2 fully saturated rings. The summed E-state index contributed by atoms with van der Waals surface area (Å²) < 4.78 is 19.0. The summed E-state index contributed by atoms with van der Waals surface area (Å²) >= 11 is 0. The highest BCUT2D eigenvalue weighted by molar-refractivity contribution is 5.48. The number of nitrogen functional groups attached to an aromatic ring is 1. The van der Waals surface area contributed by atoms with Crippen LogP contribution in [0.2, 0.25) is 0 Å². The second kappa shape index (κ2) is 4.66. The molecule has 0 unspecified atom stereocenters. The molecular weight excluding hydrogens is 237 g/mol. The molecule has 98 valence electrons. The number of rotatable bonds is 2. The van der Waals surface area contributed by atoms with Crippen molar-refractivity contribution in [2.75, 3.05) is 50.0 Å². The minimum Gasteiger partial charge on any atom is -0.381 e. The van der Waals surface area contributed by atoms with Crippen LogP contribution >= 0.6 is 0 Å². The van der Waals surface area contributed by atoms with E-state index in [9.17, 15) is 4.39 Å². The van der Waals surface area contributed by atoms with Gasteiger partial charge in [-0.15, -0.1) is 0 Å². The van der Waals surface area contributed by atoms with Crippen molar-refractivity contribution in [3.05, 3.63) is 12.1 Å². The second-order valence-corrected chi connectivity index (χ2v) is 4.61. The van der Waals surface area contributed by atoms with E-state index in [0.717, 1.165) is 39.4 Å². The van der Waals surface area contributed by atoms with E-state index in [1.165, 1.54) is 6.33 Å². The monoisotopic (exact) mass is 253 g/mol. The van der Waals surface area contributed by atoms with Gasteiger partial charge >= 0.3 is 0 Å². The maximum Gasteiger partial charge on any atom is 0.207 e. The summed E-state index contributed by atoms with van der Waals surface area (Å²) in [5.41, 5.74) is 5.45. The van der Waals surface area contributed by atoms with E-state index in [-0.39, 0.29) is 5.82 Å². The average Bonchev–Trinajstić information content (AvgIpc) is 2.32. The molecule has 1 aromatic heterocycles. The zero-order valence-electron chi connectivity index (χ0n) is 10.0. The number of halogens is 1. The van der Waals surface area contributed by atoms with Crippen LogP contribution in [0.25, 0.3) is 0 Å². The zero-order valence-corrected chi connectivity index (χ0v) is 10.0. The zero-order chi connectivity index (χ0) is 12.5. The number of ether oxygens (including phenoxy) is 1. The van der Waals surface area contributed by atoms with Crippen LogP contribution in [0.4, 0.5) is 16.0 Å². The van der Waals surface area contributed by atoms with Crippen LogP contribution in [-0.2, 0) is 4.74 Å². The van der Waals surface area contributed by atoms with Crippen LogP contribution in [0.3, 0.4) is 0 Å². The SMILES string of the molecule is Nc1ncnc(N2CCN(C3COC3)CC2)c1F. The van der Waals surface area contributed by atoms with Crippen molar-refractivity contribution in [2.24, 2.45) is 0 Å². The van der Waals surface area contributed by atoms with Gasteiger partial charge in [0.2, 0.25) is 5.82 Å². The third-order valence-electron chi connectivity index (χ3n) is 3.55. The van der Waals surface area contributed by atoms with Gasteiger partial charge in [0.1, 0.15) is 6.33 Å². The number of nitrogens with two attached hydrogens (primary N) is 1. The fraction of sp³-hybridized carbons (Fsp3) is 0.636. The third-order valence-corrected chi connectivity index (χ3v) is 3.55. The Morgan fingerprint density at radius 2 is 1.94 bits per heavy atom. The Balaban J connectivity index is 1.66. The van der Waals surface area contributed by atoms with Crippen LogP contribution in [0, 0.1) is 5.82 Å². The molecule has 0 amide bonds. The van der Waals surface area contributed by atoms with Crippen molar-refractivity contribution in [1.29, 1.82) is 0 Å². The molecule has 3 rings (SSSR count). The van der Waals surface area contributed by atoms with E-state index in [1.54, 1.807) is 0 Å². The average molecular weight is 253 g/mol. The molecule has 2 saturated heterocycles. The van der Waals surface area contributed by atoms with Gasteiger partial charge in [-0.25, -0.2) is 9.97 Å². The summed E-state index contributed by atoms with van der Waals surface area (Å²) in [6.45, 7) is 4.94. The Hall–Kier alpha value is -1.47. The molecule has 7 heteroatoms. The van der Waals surface area contributed by atoms with Crippen LogP contribution in [-0.4, -0.2) is 60.3 Å². The highest BCUT2D eigenvalue weighted by Gasteiger charge is 2.30. The lowest BCUT2D eigenvalue weighted by atomic mass is 10.2. The van der Waals surface area contributed by atoms with Gasteiger partial charge in [0, 0.05) is 26.2 Å². The fourth-order valence-corrected chi connectivity index (χ4v) is 2.33. The topological polar surface area (TPSA) is 67.5 Å². The Kier molecular flexibility index (Phi) is 3.00. The highest BCUT2D eigenvalue weighted by atomic mass is 19.1. The normalized spacial score (nSPS) is 21.9. The molecule has 0 aliphatic carbocycles. The fourth-order valence-electron chi connectivity index (χ4n) is 2.33. The molecule has 1 aromatic rings. The van der Waals surface area contributed by atoms with Crippen LogP contribution in [0.15, 0.2) is 6.33 Å². The molecule has 18 heavy (non-hydrogen) atoms. The molecular formula is C11H16FN5O. The van der Waals surface area contributed by atoms with Crippen molar-refractivity contribution in [1.82, 2.24) is 14.9 Å². The molecule has 0 radical (unpaired) electrons. The lowest BCUT2D eigenvalue weighted by Gasteiger charge is -2.42. The van der Waals surface area contributed by atoms with E-state index in [0.29, 0.717) is 11.9 Å². The van der Waals surface area contributed by atoms with Gasteiger partial charge in [-0.2, -0.15) is 4.39 Å². The van der Waals surface area contributed by atoms with Crippen LogP contribution in [0.1, 0.15) is 0 Å². The van der Waals surface area contributed by atoms with Crippen LogP contribution < -0.4 is 10.6 Å². The first-order valence-electron chi connectivity index (χ1n) is 6.08. The van der Waals surface area contributed by atoms with Gasteiger partial charge in [-0.1, -0.05) is 0 Å². The first-order chi connectivity index (χ1) is 8.75. The maximum atomic E-state index is 13.8. The number of hydrogen-bond acceptors (Lipinski definition) is 6. The summed E-state index contributed by atoms with van der Waals surface area (Å²) in [6, 6.07) is 0.535. The highest BCUT2D eigenvalue weighted by Crippen LogP contribution is 2.21. The van der Waals surface area contributed by atoms with Crippen molar-refractivity contribution in [2.45, 2.75) is 6.04 Å². The quantitative estimate of drug-likeness (QED) is 0.782. The number of nitrogens with zero attached hydrogens (tertiary/aromatic N) is 4. The predicted octanol–water partition coefficient (Wildman–Crippen LogP) is -0.281. The van der Waals surface area contributed by atoms with Crippen molar-refractivity contribution in [3.8, 4) is 0 Å². The van der Waals surface area contributed by atoms with Crippen LogP contribution in [0.5, 0.6) is 0 Å². The summed E-state index contributed by atoms with van der Waals surface area (Å²) in [4.78, 5) is 11.9. The second-order valence-electron chi connectivity index (χ2n) is 4.61. The molecule has 6 nitrogen and oxygen atoms in total. The van der Waals surface area contributed by atoms with E-state index < -0.39 is 5.82 Å².